The lowest BCUT2D eigenvalue weighted by Crippen LogP contribution is -2.35. The molecule has 2 aromatic carbocycles. The van der Waals surface area contributed by atoms with Crippen molar-refractivity contribution in [1.29, 1.82) is 0 Å². The number of benzene rings is 2. The number of hydrogen-bond acceptors (Lipinski definition) is 4. The SMILES string of the molecule is NC(=O)c1ccc(OCC(=O)NCC(=O)Nc2ccc(F)c(F)c2)cc1. The maximum atomic E-state index is 13.0. The number of rotatable bonds is 7. The van der Waals surface area contributed by atoms with E-state index in [0.717, 1.165) is 12.1 Å². The van der Waals surface area contributed by atoms with Crippen LogP contribution in [-0.2, 0) is 9.59 Å². The fraction of sp³-hybridized carbons (Fsp3) is 0.118. The lowest BCUT2D eigenvalue weighted by molar-refractivity contribution is -0.125. The minimum Gasteiger partial charge on any atom is -0.484 e. The minimum atomic E-state index is -1.09. The fourth-order valence-electron chi connectivity index (χ4n) is 1.87. The van der Waals surface area contributed by atoms with Gasteiger partial charge in [0, 0.05) is 17.3 Å². The molecule has 0 saturated heterocycles. The molecular weight excluding hydrogens is 348 g/mol. The van der Waals surface area contributed by atoms with Gasteiger partial charge < -0.3 is 21.1 Å². The van der Waals surface area contributed by atoms with E-state index in [1.165, 1.54) is 30.3 Å². The molecule has 0 saturated carbocycles. The van der Waals surface area contributed by atoms with Crippen molar-refractivity contribution < 1.29 is 27.9 Å². The summed E-state index contributed by atoms with van der Waals surface area (Å²) in [6.07, 6.45) is 0. The number of carbonyl (C=O) groups is 3. The summed E-state index contributed by atoms with van der Waals surface area (Å²) in [7, 11) is 0. The number of carbonyl (C=O) groups excluding carboxylic acids is 3. The highest BCUT2D eigenvalue weighted by Crippen LogP contribution is 2.13. The second-order valence-corrected chi connectivity index (χ2v) is 5.13. The number of nitrogens with one attached hydrogen (secondary N) is 2. The van der Waals surface area contributed by atoms with Crippen LogP contribution in [0.1, 0.15) is 10.4 Å². The molecule has 0 aliphatic carbocycles. The van der Waals surface area contributed by atoms with Gasteiger partial charge in [-0.05, 0) is 36.4 Å². The zero-order valence-electron chi connectivity index (χ0n) is 13.4. The van der Waals surface area contributed by atoms with Gasteiger partial charge in [0.15, 0.2) is 18.2 Å². The van der Waals surface area contributed by atoms with Crippen LogP contribution in [0.15, 0.2) is 42.5 Å². The third-order valence-electron chi connectivity index (χ3n) is 3.16. The molecule has 0 heterocycles. The summed E-state index contributed by atoms with van der Waals surface area (Å²) in [6, 6.07) is 8.74. The van der Waals surface area contributed by atoms with Crippen LogP contribution < -0.4 is 21.1 Å². The molecule has 7 nitrogen and oxygen atoms in total. The number of ether oxygens (including phenoxy) is 1. The van der Waals surface area contributed by atoms with Gasteiger partial charge in [-0.15, -0.1) is 0 Å². The molecule has 3 amide bonds. The largest absolute Gasteiger partial charge is 0.484 e. The van der Waals surface area contributed by atoms with Gasteiger partial charge in [0.1, 0.15) is 5.75 Å². The third-order valence-corrected chi connectivity index (χ3v) is 3.16. The molecule has 0 aromatic heterocycles. The smallest absolute Gasteiger partial charge is 0.258 e. The van der Waals surface area contributed by atoms with Gasteiger partial charge in [0.2, 0.25) is 11.8 Å². The minimum absolute atomic E-state index is 0.0638. The summed E-state index contributed by atoms with van der Waals surface area (Å²) in [5.41, 5.74) is 5.47. The van der Waals surface area contributed by atoms with E-state index in [-0.39, 0.29) is 18.8 Å². The first-order valence-electron chi connectivity index (χ1n) is 7.39. The van der Waals surface area contributed by atoms with Crippen molar-refractivity contribution in [3.8, 4) is 5.75 Å². The quantitative estimate of drug-likeness (QED) is 0.686. The van der Waals surface area contributed by atoms with Gasteiger partial charge in [-0.1, -0.05) is 0 Å². The molecule has 2 aromatic rings. The molecular formula is C17H15F2N3O4. The van der Waals surface area contributed by atoms with E-state index in [9.17, 15) is 23.2 Å². The average molecular weight is 363 g/mol. The lowest BCUT2D eigenvalue weighted by Gasteiger charge is -2.09. The highest BCUT2D eigenvalue weighted by Gasteiger charge is 2.09. The highest BCUT2D eigenvalue weighted by molar-refractivity contribution is 5.94. The molecule has 0 atom stereocenters. The maximum absolute atomic E-state index is 13.0. The van der Waals surface area contributed by atoms with E-state index in [0.29, 0.717) is 11.3 Å². The van der Waals surface area contributed by atoms with E-state index >= 15 is 0 Å². The van der Waals surface area contributed by atoms with Crippen molar-refractivity contribution in [3.05, 3.63) is 59.7 Å². The number of anilines is 1. The summed E-state index contributed by atoms with van der Waals surface area (Å²) in [5.74, 6) is -3.54. The first kappa shape index (κ1) is 18.8. The van der Waals surface area contributed by atoms with E-state index in [1.54, 1.807) is 0 Å². The van der Waals surface area contributed by atoms with Crippen molar-refractivity contribution in [2.45, 2.75) is 0 Å². The number of primary amides is 1. The third kappa shape index (κ3) is 5.55. The van der Waals surface area contributed by atoms with Crippen molar-refractivity contribution >= 4 is 23.4 Å². The number of nitrogens with two attached hydrogens (primary N) is 1. The predicted molar refractivity (Wildman–Crippen MR) is 88.5 cm³/mol. The Bertz CT molecular complexity index is 825. The molecule has 0 unspecified atom stereocenters. The lowest BCUT2D eigenvalue weighted by atomic mass is 10.2. The van der Waals surface area contributed by atoms with Crippen LogP contribution in [0.3, 0.4) is 0 Å². The van der Waals surface area contributed by atoms with E-state index < -0.39 is 29.4 Å². The molecule has 2 rings (SSSR count). The monoisotopic (exact) mass is 363 g/mol. The van der Waals surface area contributed by atoms with Crippen LogP contribution in [0.2, 0.25) is 0 Å². The Morgan fingerprint density at radius 2 is 1.65 bits per heavy atom. The maximum Gasteiger partial charge on any atom is 0.258 e. The molecule has 9 heteroatoms. The summed E-state index contributed by atoms with van der Waals surface area (Å²) >= 11 is 0. The van der Waals surface area contributed by atoms with Crippen molar-refractivity contribution in [3.63, 3.8) is 0 Å². The van der Waals surface area contributed by atoms with Gasteiger partial charge >= 0.3 is 0 Å². The summed E-state index contributed by atoms with van der Waals surface area (Å²) in [5, 5.41) is 4.62. The predicted octanol–water partition coefficient (Wildman–Crippen LogP) is 1.20. The highest BCUT2D eigenvalue weighted by atomic mass is 19.2. The van der Waals surface area contributed by atoms with E-state index in [2.05, 4.69) is 10.6 Å². The van der Waals surface area contributed by atoms with Crippen LogP contribution in [-0.4, -0.2) is 30.9 Å². The molecule has 136 valence electrons. The molecule has 0 fully saturated rings. The Morgan fingerprint density at radius 3 is 2.27 bits per heavy atom. The van der Waals surface area contributed by atoms with Gasteiger partial charge in [-0.2, -0.15) is 0 Å². The molecule has 0 radical (unpaired) electrons. The molecule has 0 spiro atoms. The normalized spacial score (nSPS) is 10.1. The van der Waals surface area contributed by atoms with Gasteiger partial charge in [0.05, 0.1) is 6.54 Å². The van der Waals surface area contributed by atoms with Crippen LogP contribution >= 0.6 is 0 Å². The van der Waals surface area contributed by atoms with Crippen molar-refractivity contribution in [2.75, 3.05) is 18.5 Å². The Labute approximate surface area is 147 Å². The number of amides is 3. The zero-order chi connectivity index (χ0) is 19.1. The molecule has 0 aliphatic rings. The second kappa shape index (κ2) is 8.56. The molecule has 4 N–H and O–H groups in total. The summed E-state index contributed by atoms with van der Waals surface area (Å²) in [6.45, 7) is -0.726. The first-order valence-corrected chi connectivity index (χ1v) is 7.39. The van der Waals surface area contributed by atoms with Gasteiger partial charge in [-0.3, -0.25) is 14.4 Å². The number of hydrogen-bond donors (Lipinski definition) is 3. The van der Waals surface area contributed by atoms with Crippen LogP contribution in [0.25, 0.3) is 0 Å². The Kier molecular flexibility index (Phi) is 6.20. The standard InChI is InChI=1S/C17H15F2N3O4/c18-13-6-3-11(7-14(13)19)22-15(23)8-21-16(24)9-26-12-4-1-10(2-5-12)17(20)25/h1-7H,8-9H2,(H2,20,25)(H,21,24)(H,22,23). The van der Waals surface area contributed by atoms with E-state index in [4.69, 9.17) is 10.5 Å². The first-order chi connectivity index (χ1) is 12.3. The second-order valence-electron chi connectivity index (χ2n) is 5.13. The summed E-state index contributed by atoms with van der Waals surface area (Å²) in [4.78, 5) is 34.2. The van der Waals surface area contributed by atoms with Crippen LogP contribution in [0.4, 0.5) is 14.5 Å². The van der Waals surface area contributed by atoms with Crippen molar-refractivity contribution in [1.82, 2.24) is 5.32 Å². The Morgan fingerprint density at radius 1 is 0.962 bits per heavy atom. The molecule has 26 heavy (non-hydrogen) atoms. The van der Waals surface area contributed by atoms with Crippen molar-refractivity contribution in [2.24, 2.45) is 5.73 Å². The zero-order valence-corrected chi connectivity index (χ0v) is 13.4. The van der Waals surface area contributed by atoms with Crippen LogP contribution in [0, 0.1) is 11.6 Å². The van der Waals surface area contributed by atoms with Crippen LogP contribution in [0.5, 0.6) is 5.75 Å². The van der Waals surface area contributed by atoms with Gasteiger partial charge in [-0.25, -0.2) is 8.78 Å². The Balaban J connectivity index is 1.74. The van der Waals surface area contributed by atoms with E-state index in [1.807, 2.05) is 0 Å². The topological polar surface area (TPSA) is 111 Å². The molecule has 0 aliphatic heterocycles. The fourth-order valence-corrected chi connectivity index (χ4v) is 1.87. The van der Waals surface area contributed by atoms with Gasteiger partial charge in [0.25, 0.3) is 5.91 Å². The Hall–Kier alpha value is -3.49. The summed E-state index contributed by atoms with van der Waals surface area (Å²) < 4.78 is 31.0. The number of halogens is 2. The molecule has 0 bridgehead atoms. The average Bonchev–Trinajstić information content (AvgIpc) is 2.61.